The summed E-state index contributed by atoms with van der Waals surface area (Å²) >= 11 is 0. The second-order valence-corrected chi connectivity index (χ2v) is 9.01. The lowest BCUT2D eigenvalue weighted by molar-refractivity contribution is 0.0268. The zero-order valence-corrected chi connectivity index (χ0v) is 16.9. The number of aliphatic hydroxyl groups is 1. The van der Waals surface area contributed by atoms with Crippen LogP contribution in [-0.2, 0) is 10.0 Å². The van der Waals surface area contributed by atoms with Crippen molar-refractivity contribution in [3.8, 4) is 0 Å². The first-order chi connectivity index (χ1) is 13.3. The van der Waals surface area contributed by atoms with E-state index in [1.54, 1.807) is 60.5 Å². The lowest BCUT2D eigenvalue weighted by Gasteiger charge is -2.35. The highest BCUT2D eigenvalue weighted by atomic mass is 32.2. The standard InChI is InChI=1S/C21H26N2O4S/c1-15-7-13-18(14-8-15)28(26,27)22-17-11-9-16(10-12-17)21(25)23(2)19-5-3-4-6-20(19)24/h7-14,19-20,22,24H,3-6H2,1-2H3/t19-,20-/m0/s1. The first kappa shape index (κ1) is 20.4. The van der Waals surface area contributed by atoms with Gasteiger partial charge in [0.2, 0.25) is 0 Å². The molecule has 0 aliphatic heterocycles. The van der Waals surface area contributed by atoms with Gasteiger partial charge in [-0.2, -0.15) is 0 Å². The van der Waals surface area contributed by atoms with Gasteiger partial charge in [0.15, 0.2) is 0 Å². The van der Waals surface area contributed by atoms with Crippen LogP contribution in [0.2, 0.25) is 0 Å². The Morgan fingerprint density at radius 1 is 1.04 bits per heavy atom. The molecule has 0 heterocycles. The molecular formula is C21H26N2O4S. The highest BCUT2D eigenvalue weighted by molar-refractivity contribution is 7.92. The topological polar surface area (TPSA) is 86.7 Å². The van der Waals surface area contributed by atoms with Gasteiger partial charge >= 0.3 is 0 Å². The number of sulfonamides is 1. The molecule has 1 aliphatic rings. The number of aliphatic hydroxyl groups excluding tert-OH is 1. The van der Waals surface area contributed by atoms with Crippen LogP contribution >= 0.6 is 0 Å². The molecule has 150 valence electrons. The number of anilines is 1. The van der Waals surface area contributed by atoms with E-state index in [2.05, 4.69) is 4.72 Å². The summed E-state index contributed by atoms with van der Waals surface area (Å²) in [5.74, 6) is -0.182. The van der Waals surface area contributed by atoms with Gasteiger partial charge in [-0.25, -0.2) is 8.42 Å². The van der Waals surface area contributed by atoms with Crippen molar-refractivity contribution < 1.29 is 18.3 Å². The van der Waals surface area contributed by atoms with Gasteiger partial charge < -0.3 is 10.0 Å². The second kappa shape index (κ2) is 8.32. The molecular weight excluding hydrogens is 376 g/mol. The number of carbonyl (C=O) groups is 1. The van der Waals surface area contributed by atoms with Crippen LogP contribution in [0.25, 0.3) is 0 Å². The molecule has 0 aromatic heterocycles. The van der Waals surface area contributed by atoms with Gasteiger partial charge in [-0.15, -0.1) is 0 Å². The lowest BCUT2D eigenvalue weighted by Crippen LogP contribution is -2.46. The molecule has 28 heavy (non-hydrogen) atoms. The van der Waals surface area contributed by atoms with Gasteiger partial charge in [-0.05, 0) is 56.2 Å². The number of carbonyl (C=O) groups excluding carboxylic acids is 1. The Morgan fingerprint density at radius 2 is 1.64 bits per heavy atom. The first-order valence-electron chi connectivity index (χ1n) is 9.43. The summed E-state index contributed by atoms with van der Waals surface area (Å²) in [5.41, 5.74) is 1.82. The number of amides is 1. The van der Waals surface area contributed by atoms with E-state index >= 15 is 0 Å². The Kier molecular flexibility index (Phi) is 6.05. The summed E-state index contributed by atoms with van der Waals surface area (Å²) in [6, 6.07) is 12.8. The fourth-order valence-electron chi connectivity index (χ4n) is 3.51. The van der Waals surface area contributed by atoms with E-state index < -0.39 is 16.1 Å². The van der Waals surface area contributed by atoms with Gasteiger partial charge in [0.1, 0.15) is 0 Å². The predicted octanol–water partition coefficient (Wildman–Crippen LogP) is 3.17. The molecule has 6 nitrogen and oxygen atoms in total. The number of likely N-dealkylation sites (N-methyl/N-ethyl adjacent to an activating group) is 1. The Hall–Kier alpha value is -2.38. The van der Waals surface area contributed by atoms with Crippen LogP contribution in [0, 0.1) is 6.92 Å². The van der Waals surface area contributed by atoms with E-state index in [1.165, 1.54) is 0 Å². The number of aryl methyl sites for hydroxylation is 1. The Labute approximate surface area is 166 Å². The van der Waals surface area contributed by atoms with E-state index in [9.17, 15) is 18.3 Å². The average molecular weight is 403 g/mol. The van der Waals surface area contributed by atoms with Gasteiger partial charge in [-0.3, -0.25) is 9.52 Å². The zero-order valence-electron chi connectivity index (χ0n) is 16.1. The van der Waals surface area contributed by atoms with E-state index in [4.69, 9.17) is 0 Å². The monoisotopic (exact) mass is 402 g/mol. The summed E-state index contributed by atoms with van der Waals surface area (Å²) < 4.78 is 27.5. The van der Waals surface area contributed by atoms with Crippen LogP contribution in [0.5, 0.6) is 0 Å². The van der Waals surface area contributed by atoms with Gasteiger partial charge in [0.05, 0.1) is 17.0 Å². The molecule has 2 aromatic carbocycles. The quantitative estimate of drug-likeness (QED) is 0.804. The average Bonchev–Trinajstić information content (AvgIpc) is 2.68. The van der Waals surface area contributed by atoms with Crippen LogP contribution in [0.15, 0.2) is 53.4 Å². The molecule has 0 radical (unpaired) electrons. The molecule has 0 spiro atoms. The van der Waals surface area contributed by atoms with Crippen molar-refractivity contribution in [2.45, 2.75) is 49.6 Å². The highest BCUT2D eigenvalue weighted by Gasteiger charge is 2.29. The maximum absolute atomic E-state index is 12.7. The van der Waals surface area contributed by atoms with Crippen LogP contribution in [0.4, 0.5) is 5.69 Å². The maximum Gasteiger partial charge on any atom is 0.261 e. The second-order valence-electron chi connectivity index (χ2n) is 7.33. The van der Waals surface area contributed by atoms with Crippen LogP contribution in [0.1, 0.15) is 41.6 Å². The van der Waals surface area contributed by atoms with Crippen molar-refractivity contribution in [1.82, 2.24) is 4.90 Å². The van der Waals surface area contributed by atoms with Crippen LogP contribution in [-0.4, -0.2) is 43.5 Å². The normalized spacial score (nSPS) is 19.8. The van der Waals surface area contributed by atoms with Crippen molar-refractivity contribution in [1.29, 1.82) is 0 Å². The largest absolute Gasteiger partial charge is 0.391 e. The summed E-state index contributed by atoms with van der Waals surface area (Å²) in [4.78, 5) is 14.5. The molecule has 7 heteroatoms. The summed E-state index contributed by atoms with van der Waals surface area (Å²) in [6.45, 7) is 1.89. The lowest BCUT2D eigenvalue weighted by atomic mass is 9.91. The molecule has 1 amide bonds. The van der Waals surface area contributed by atoms with Gasteiger partial charge in [-0.1, -0.05) is 30.5 Å². The Balaban J connectivity index is 1.70. The van der Waals surface area contributed by atoms with E-state index in [1.807, 2.05) is 6.92 Å². The molecule has 0 unspecified atom stereocenters. The molecule has 2 aromatic rings. The molecule has 1 saturated carbocycles. The minimum absolute atomic E-state index is 0.180. The molecule has 0 saturated heterocycles. The third kappa shape index (κ3) is 4.54. The number of nitrogens with one attached hydrogen (secondary N) is 1. The summed E-state index contributed by atoms with van der Waals surface area (Å²) in [5, 5.41) is 10.2. The predicted molar refractivity (Wildman–Crippen MR) is 109 cm³/mol. The fourth-order valence-corrected chi connectivity index (χ4v) is 4.57. The third-order valence-corrected chi connectivity index (χ3v) is 6.62. The summed E-state index contributed by atoms with van der Waals surface area (Å²) in [6.07, 6.45) is 2.98. The molecule has 3 rings (SSSR count). The van der Waals surface area contributed by atoms with Crippen molar-refractivity contribution in [2.24, 2.45) is 0 Å². The SMILES string of the molecule is Cc1ccc(S(=O)(=O)Nc2ccc(C(=O)N(C)[C@H]3CCCC[C@@H]3O)cc2)cc1. The number of nitrogens with zero attached hydrogens (tertiary/aromatic N) is 1. The maximum atomic E-state index is 12.7. The third-order valence-electron chi connectivity index (χ3n) is 5.23. The van der Waals surface area contributed by atoms with E-state index in [-0.39, 0.29) is 16.8 Å². The number of hydrogen-bond acceptors (Lipinski definition) is 4. The van der Waals surface area contributed by atoms with Crippen molar-refractivity contribution >= 4 is 21.6 Å². The molecule has 2 N–H and O–H groups in total. The minimum atomic E-state index is -3.68. The number of benzene rings is 2. The van der Waals surface area contributed by atoms with E-state index in [0.717, 1.165) is 24.8 Å². The molecule has 1 fully saturated rings. The van der Waals surface area contributed by atoms with Gasteiger partial charge in [0, 0.05) is 18.3 Å². The summed E-state index contributed by atoms with van der Waals surface area (Å²) in [7, 11) is -1.98. The first-order valence-corrected chi connectivity index (χ1v) is 10.9. The van der Waals surface area contributed by atoms with E-state index in [0.29, 0.717) is 17.7 Å². The Bertz CT molecular complexity index is 924. The molecule has 1 aliphatic carbocycles. The van der Waals surface area contributed by atoms with Crippen molar-refractivity contribution in [2.75, 3.05) is 11.8 Å². The Morgan fingerprint density at radius 3 is 2.25 bits per heavy atom. The smallest absolute Gasteiger partial charge is 0.261 e. The van der Waals surface area contributed by atoms with Gasteiger partial charge in [0.25, 0.3) is 15.9 Å². The fraction of sp³-hybridized carbons (Fsp3) is 0.381. The minimum Gasteiger partial charge on any atom is -0.391 e. The van der Waals surface area contributed by atoms with Crippen molar-refractivity contribution in [3.63, 3.8) is 0 Å². The number of rotatable bonds is 5. The highest BCUT2D eigenvalue weighted by Crippen LogP contribution is 2.24. The van der Waals surface area contributed by atoms with Crippen LogP contribution < -0.4 is 4.72 Å². The number of hydrogen-bond donors (Lipinski definition) is 2. The van der Waals surface area contributed by atoms with Crippen molar-refractivity contribution in [3.05, 3.63) is 59.7 Å². The molecule has 2 atom stereocenters. The van der Waals surface area contributed by atoms with Crippen LogP contribution in [0.3, 0.4) is 0 Å². The molecule has 0 bridgehead atoms. The zero-order chi connectivity index (χ0) is 20.3.